The second kappa shape index (κ2) is 6.08. The van der Waals surface area contributed by atoms with E-state index in [0.29, 0.717) is 12.1 Å². The number of hydrogen-bond acceptors (Lipinski definition) is 4. The summed E-state index contributed by atoms with van der Waals surface area (Å²) in [5, 5.41) is 21.3. The molecule has 104 valence electrons. The van der Waals surface area contributed by atoms with Gasteiger partial charge in [0.2, 0.25) is 5.91 Å². The Labute approximate surface area is 116 Å². The molecule has 5 heteroatoms. The molecule has 1 amide bonds. The van der Waals surface area contributed by atoms with Crippen molar-refractivity contribution in [1.82, 2.24) is 0 Å². The summed E-state index contributed by atoms with van der Waals surface area (Å²) in [6.07, 6.45) is 0.347. The van der Waals surface area contributed by atoms with Gasteiger partial charge in [-0.15, -0.1) is 0 Å². The lowest BCUT2D eigenvalue weighted by atomic mass is 10.1. The molecular weight excluding hydrogens is 256 g/mol. The highest BCUT2D eigenvalue weighted by Crippen LogP contribution is 2.21. The van der Waals surface area contributed by atoms with Gasteiger partial charge in [-0.1, -0.05) is 24.3 Å². The van der Waals surface area contributed by atoms with E-state index < -0.39 is 6.04 Å². The largest absolute Gasteiger partial charge is 0.508 e. The number of para-hydroxylation sites is 2. The van der Waals surface area contributed by atoms with E-state index in [0.717, 1.165) is 5.56 Å². The van der Waals surface area contributed by atoms with Gasteiger partial charge in [-0.05, 0) is 36.2 Å². The van der Waals surface area contributed by atoms with E-state index in [2.05, 4.69) is 5.32 Å². The molecule has 0 unspecified atom stereocenters. The summed E-state index contributed by atoms with van der Waals surface area (Å²) in [5.74, 6) is -0.210. The van der Waals surface area contributed by atoms with Crippen molar-refractivity contribution < 1.29 is 15.0 Å². The van der Waals surface area contributed by atoms with E-state index >= 15 is 0 Å². The van der Waals surface area contributed by atoms with Crippen molar-refractivity contribution >= 4 is 11.6 Å². The zero-order valence-electron chi connectivity index (χ0n) is 10.8. The average Bonchev–Trinajstić information content (AvgIpc) is 2.44. The fourth-order valence-electron chi connectivity index (χ4n) is 1.78. The highest BCUT2D eigenvalue weighted by molar-refractivity contribution is 5.96. The zero-order chi connectivity index (χ0) is 14.5. The van der Waals surface area contributed by atoms with Gasteiger partial charge in [-0.3, -0.25) is 4.79 Å². The van der Waals surface area contributed by atoms with E-state index in [-0.39, 0.29) is 17.4 Å². The van der Waals surface area contributed by atoms with Gasteiger partial charge >= 0.3 is 0 Å². The number of carbonyl (C=O) groups excluding carboxylic acids is 1. The monoisotopic (exact) mass is 272 g/mol. The minimum atomic E-state index is -0.737. The van der Waals surface area contributed by atoms with Crippen molar-refractivity contribution in [3.63, 3.8) is 0 Å². The number of nitrogens with one attached hydrogen (secondary N) is 1. The first kappa shape index (κ1) is 13.9. The Morgan fingerprint density at radius 2 is 1.75 bits per heavy atom. The molecule has 2 aromatic carbocycles. The van der Waals surface area contributed by atoms with Crippen LogP contribution in [-0.2, 0) is 11.2 Å². The van der Waals surface area contributed by atoms with Crippen LogP contribution in [0.5, 0.6) is 11.5 Å². The highest BCUT2D eigenvalue weighted by atomic mass is 16.3. The molecule has 0 bridgehead atoms. The van der Waals surface area contributed by atoms with E-state index in [1.807, 2.05) is 0 Å². The summed E-state index contributed by atoms with van der Waals surface area (Å²) in [6, 6.07) is 12.2. The average molecular weight is 272 g/mol. The van der Waals surface area contributed by atoms with E-state index in [1.165, 1.54) is 6.07 Å². The second-order valence-electron chi connectivity index (χ2n) is 4.48. The standard InChI is InChI=1S/C15H16N2O3/c16-12(9-10-5-7-11(18)8-6-10)15(20)17-13-3-1-2-4-14(13)19/h1-8,12,18-19H,9,16H2,(H,17,20)/t12-/m1/s1. The van der Waals surface area contributed by atoms with Crippen molar-refractivity contribution in [2.75, 3.05) is 5.32 Å². The third-order valence-corrected chi connectivity index (χ3v) is 2.89. The van der Waals surface area contributed by atoms with Gasteiger partial charge < -0.3 is 21.3 Å². The predicted octanol–water partition coefficient (Wildman–Crippen LogP) is 1.61. The third kappa shape index (κ3) is 3.49. The molecule has 5 N–H and O–H groups in total. The molecular formula is C15H16N2O3. The van der Waals surface area contributed by atoms with Crippen LogP contribution in [0.3, 0.4) is 0 Å². The Kier molecular flexibility index (Phi) is 4.22. The normalized spacial score (nSPS) is 11.8. The number of aromatic hydroxyl groups is 2. The number of rotatable bonds is 4. The van der Waals surface area contributed by atoms with Gasteiger partial charge in [0.25, 0.3) is 0 Å². The molecule has 0 aliphatic heterocycles. The predicted molar refractivity (Wildman–Crippen MR) is 76.5 cm³/mol. The van der Waals surface area contributed by atoms with E-state index in [9.17, 15) is 15.0 Å². The van der Waals surface area contributed by atoms with Gasteiger partial charge in [0.05, 0.1) is 11.7 Å². The van der Waals surface area contributed by atoms with E-state index in [4.69, 9.17) is 5.73 Å². The van der Waals surface area contributed by atoms with Gasteiger partial charge in [-0.2, -0.15) is 0 Å². The Morgan fingerprint density at radius 3 is 2.40 bits per heavy atom. The maximum atomic E-state index is 11.9. The quantitative estimate of drug-likeness (QED) is 0.636. The van der Waals surface area contributed by atoms with Gasteiger partial charge in [0.15, 0.2) is 0 Å². The smallest absolute Gasteiger partial charge is 0.241 e. The van der Waals surface area contributed by atoms with Crippen molar-refractivity contribution in [2.45, 2.75) is 12.5 Å². The zero-order valence-corrected chi connectivity index (χ0v) is 10.8. The topological polar surface area (TPSA) is 95.6 Å². The van der Waals surface area contributed by atoms with Crippen LogP contribution in [0.4, 0.5) is 5.69 Å². The molecule has 0 heterocycles. The van der Waals surface area contributed by atoms with Crippen LogP contribution in [0.1, 0.15) is 5.56 Å². The first-order valence-corrected chi connectivity index (χ1v) is 6.18. The number of carbonyl (C=O) groups is 1. The molecule has 5 nitrogen and oxygen atoms in total. The molecule has 20 heavy (non-hydrogen) atoms. The molecule has 0 aromatic heterocycles. The molecule has 2 aromatic rings. The minimum absolute atomic E-state index is 0.00214. The highest BCUT2D eigenvalue weighted by Gasteiger charge is 2.15. The Balaban J connectivity index is 1.99. The van der Waals surface area contributed by atoms with Crippen LogP contribution in [0.15, 0.2) is 48.5 Å². The van der Waals surface area contributed by atoms with Crippen molar-refractivity contribution in [3.8, 4) is 11.5 Å². The van der Waals surface area contributed by atoms with Crippen LogP contribution >= 0.6 is 0 Å². The lowest BCUT2D eigenvalue weighted by Gasteiger charge is -2.13. The Morgan fingerprint density at radius 1 is 1.10 bits per heavy atom. The molecule has 0 saturated carbocycles. The number of hydrogen-bond donors (Lipinski definition) is 4. The first-order chi connectivity index (χ1) is 9.56. The SMILES string of the molecule is N[C@H](Cc1ccc(O)cc1)C(=O)Nc1ccccc1O. The Hall–Kier alpha value is -2.53. The second-order valence-corrected chi connectivity index (χ2v) is 4.48. The van der Waals surface area contributed by atoms with Crippen LogP contribution in [-0.4, -0.2) is 22.2 Å². The third-order valence-electron chi connectivity index (χ3n) is 2.89. The summed E-state index contributed by atoms with van der Waals surface area (Å²) in [6.45, 7) is 0. The summed E-state index contributed by atoms with van der Waals surface area (Å²) in [7, 11) is 0. The number of phenolic OH excluding ortho intramolecular Hbond substituents is 2. The molecule has 0 aliphatic rings. The number of anilines is 1. The van der Waals surface area contributed by atoms with Crippen LogP contribution < -0.4 is 11.1 Å². The minimum Gasteiger partial charge on any atom is -0.508 e. The number of benzene rings is 2. The van der Waals surface area contributed by atoms with Gasteiger partial charge in [0.1, 0.15) is 11.5 Å². The molecule has 0 fully saturated rings. The van der Waals surface area contributed by atoms with Crippen LogP contribution in [0.2, 0.25) is 0 Å². The Bertz CT molecular complexity index is 596. The fourth-order valence-corrected chi connectivity index (χ4v) is 1.78. The fraction of sp³-hybridized carbons (Fsp3) is 0.133. The molecule has 0 radical (unpaired) electrons. The first-order valence-electron chi connectivity index (χ1n) is 6.18. The van der Waals surface area contributed by atoms with Crippen LogP contribution in [0.25, 0.3) is 0 Å². The van der Waals surface area contributed by atoms with Crippen LogP contribution in [0, 0.1) is 0 Å². The summed E-state index contributed by atoms with van der Waals surface area (Å²) in [5.41, 5.74) is 7.01. The summed E-state index contributed by atoms with van der Waals surface area (Å²) < 4.78 is 0. The molecule has 0 saturated heterocycles. The molecule has 1 atom stereocenters. The number of phenols is 2. The van der Waals surface area contributed by atoms with E-state index in [1.54, 1.807) is 42.5 Å². The molecule has 0 aliphatic carbocycles. The van der Waals surface area contributed by atoms with Crippen molar-refractivity contribution in [2.24, 2.45) is 5.73 Å². The summed E-state index contributed by atoms with van der Waals surface area (Å²) >= 11 is 0. The number of amides is 1. The maximum Gasteiger partial charge on any atom is 0.241 e. The van der Waals surface area contributed by atoms with Gasteiger partial charge in [0, 0.05) is 0 Å². The summed E-state index contributed by atoms with van der Waals surface area (Å²) in [4.78, 5) is 11.9. The lowest BCUT2D eigenvalue weighted by molar-refractivity contribution is -0.117. The van der Waals surface area contributed by atoms with Gasteiger partial charge in [-0.25, -0.2) is 0 Å². The number of nitrogens with two attached hydrogens (primary N) is 1. The van der Waals surface area contributed by atoms with Crippen molar-refractivity contribution in [3.05, 3.63) is 54.1 Å². The molecule has 0 spiro atoms. The van der Waals surface area contributed by atoms with Crippen molar-refractivity contribution in [1.29, 1.82) is 0 Å². The lowest BCUT2D eigenvalue weighted by Crippen LogP contribution is -2.37. The molecule has 2 rings (SSSR count). The maximum absolute atomic E-state index is 11.9.